The molecule has 8 fully saturated rings. The van der Waals surface area contributed by atoms with Crippen molar-refractivity contribution in [2.24, 2.45) is 44.8 Å². The molecule has 4 atom stereocenters. The third-order valence-electron chi connectivity index (χ3n) is 10.1. The van der Waals surface area contributed by atoms with Crippen LogP contribution in [0.3, 0.4) is 0 Å². The van der Waals surface area contributed by atoms with Gasteiger partial charge in [0, 0.05) is 0 Å². The van der Waals surface area contributed by atoms with Gasteiger partial charge in [0.1, 0.15) is 0 Å². The van der Waals surface area contributed by atoms with Gasteiger partial charge in [-0.3, -0.25) is 0 Å². The van der Waals surface area contributed by atoms with Gasteiger partial charge in [0.25, 0.3) is 0 Å². The summed E-state index contributed by atoms with van der Waals surface area (Å²) < 4.78 is 0. The summed E-state index contributed by atoms with van der Waals surface area (Å²) in [5, 5.41) is 0. The standard InChI is InChI=1S/C23H36/c1-19-5-16-4-17(6-19)10-22(9-16,13-19)23-11-18-7-20(2,14-23)12-21(3,8-18)15-23/h16-18H,4-15H2,1-3H3. The summed E-state index contributed by atoms with van der Waals surface area (Å²) in [5.41, 5.74) is 3.68. The van der Waals surface area contributed by atoms with Crippen LogP contribution in [-0.2, 0) is 0 Å². The lowest BCUT2D eigenvalue weighted by Crippen LogP contribution is -2.65. The van der Waals surface area contributed by atoms with Crippen LogP contribution in [-0.4, -0.2) is 0 Å². The molecule has 128 valence electrons. The zero-order chi connectivity index (χ0) is 15.7. The Kier molecular flexibility index (Phi) is 2.30. The Morgan fingerprint density at radius 2 is 0.957 bits per heavy atom. The summed E-state index contributed by atoms with van der Waals surface area (Å²) in [7, 11) is 0. The van der Waals surface area contributed by atoms with Gasteiger partial charge < -0.3 is 0 Å². The SMILES string of the molecule is CC12CC3CC(C1)CC(C14CC5CC(C)(CC(C)(C5)C1)C4)(C3)C2. The molecule has 8 rings (SSSR count). The van der Waals surface area contributed by atoms with Gasteiger partial charge >= 0.3 is 0 Å². The molecule has 4 unspecified atom stereocenters. The van der Waals surface area contributed by atoms with Crippen molar-refractivity contribution in [2.45, 2.75) is 97.8 Å². The smallest absolute Gasteiger partial charge is 0.0228 e. The highest BCUT2D eigenvalue weighted by Gasteiger charge is 2.70. The fourth-order valence-electron chi connectivity index (χ4n) is 11.4. The second-order valence-corrected chi connectivity index (χ2v) is 13.0. The normalized spacial score (nSPS) is 68.7. The van der Waals surface area contributed by atoms with Crippen LogP contribution >= 0.6 is 0 Å². The minimum Gasteiger partial charge on any atom is -0.0596 e. The number of hydrogen-bond acceptors (Lipinski definition) is 0. The molecule has 0 N–H and O–H groups in total. The molecule has 0 aromatic carbocycles. The average molecular weight is 313 g/mol. The molecular weight excluding hydrogens is 276 g/mol. The fourth-order valence-corrected chi connectivity index (χ4v) is 11.4. The molecule has 0 amide bonds. The van der Waals surface area contributed by atoms with Gasteiger partial charge in [-0.25, -0.2) is 0 Å². The topological polar surface area (TPSA) is 0 Å². The van der Waals surface area contributed by atoms with E-state index in [0.717, 1.165) is 34.0 Å². The van der Waals surface area contributed by atoms with E-state index in [-0.39, 0.29) is 0 Å². The first-order valence-electron chi connectivity index (χ1n) is 10.7. The minimum atomic E-state index is 0.707. The first-order chi connectivity index (χ1) is 10.7. The average Bonchev–Trinajstić information content (AvgIpc) is 2.30. The molecular formula is C23H36. The van der Waals surface area contributed by atoms with Crippen molar-refractivity contribution >= 4 is 0 Å². The quantitative estimate of drug-likeness (QED) is 0.512. The van der Waals surface area contributed by atoms with Crippen molar-refractivity contribution in [1.29, 1.82) is 0 Å². The molecule has 0 heterocycles. The summed E-state index contributed by atoms with van der Waals surface area (Å²) in [4.78, 5) is 0. The summed E-state index contributed by atoms with van der Waals surface area (Å²) in [6.45, 7) is 8.06. The third-order valence-corrected chi connectivity index (χ3v) is 10.1. The molecule has 0 radical (unpaired) electrons. The van der Waals surface area contributed by atoms with Crippen molar-refractivity contribution < 1.29 is 0 Å². The zero-order valence-corrected chi connectivity index (χ0v) is 15.7. The molecule has 0 heteroatoms. The Balaban J connectivity index is 1.48. The number of hydrogen-bond donors (Lipinski definition) is 0. The summed E-state index contributed by atoms with van der Waals surface area (Å²) in [6, 6.07) is 0. The van der Waals surface area contributed by atoms with Crippen LogP contribution in [0.25, 0.3) is 0 Å². The molecule has 0 saturated heterocycles. The van der Waals surface area contributed by atoms with Crippen molar-refractivity contribution in [1.82, 2.24) is 0 Å². The van der Waals surface area contributed by atoms with Crippen LogP contribution in [0.1, 0.15) is 97.8 Å². The highest BCUT2D eigenvalue weighted by atomic mass is 14.7. The van der Waals surface area contributed by atoms with E-state index >= 15 is 0 Å². The Morgan fingerprint density at radius 1 is 0.478 bits per heavy atom. The lowest BCUT2D eigenvalue weighted by atomic mass is 9.30. The van der Waals surface area contributed by atoms with E-state index in [0.29, 0.717) is 10.8 Å². The summed E-state index contributed by atoms with van der Waals surface area (Å²) >= 11 is 0. The third kappa shape index (κ3) is 1.70. The maximum absolute atomic E-state index is 2.69. The van der Waals surface area contributed by atoms with Gasteiger partial charge in [-0.05, 0) is 122 Å². The second kappa shape index (κ2) is 3.73. The van der Waals surface area contributed by atoms with Gasteiger partial charge in [0.15, 0.2) is 0 Å². The molecule has 8 aliphatic rings. The van der Waals surface area contributed by atoms with E-state index in [2.05, 4.69) is 20.8 Å². The van der Waals surface area contributed by atoms with Crippen molar-refractivity contribution in [3.05, 3.63) is 0 Å². The molecule has 0 nitrogen and oxygen atoms in total. The molecule has 23 heavy (non-hydrogen) atoms. The van der Waals surface area contributed by atoms with Gasteiger partial charge in [-0.2, -0.15) is 0 Å². The highest BCUT2D eigenvalue weighted by Crippen LogP contribution is 2.80. The van der Waals surface area contributed by atoms with Gasteiger partial charge in [-0.15, -0.1) is 0 Å². The molecule has 8 bridgehead atoms. The van der Waals surface area contributed by atoms with Gasteiger partial charge in [-0.1, -0.05) is 20.8 Å². The van der Waals surface area contributed by atoms with E-state index in [1.807, 2.05) is 0 Å². The van der Waals surface area contributed by atoms with E-state index in [1.54, 1.807) is 77.0 Å². The van der Waals surface area contributed by atoms with Crippen LogP contribution in [0.15, 0.2) is 0 Å². The number of rotatable bonds is 1. The maximum atomic E-state index is 2.69. The fraction of sp³-hybridized carbons (Fsp3) is 1.00. The Labute approximate surface area is 143 Å². The Hall–Kier alpha value is 0. The monoisotopic (exact) mass is 312 g/mol. The van der Waals surface area contributed by atoms with E-state index in [1.165, 1.54) is 0 Å². The zero-order valence-electron chi connectivity index (χ0n) is 15.7. The highest BCUT2D eigenvalue weighted by molar-refractivity contribution is 5.20. The predicted octanol–water partition coefficient (Wildman–Crippen LogP) is 6.59. The van der Waals surface area contributed by atoms with Crippen LogP contribution in [0.4, 0.5) is 0 Å². The van der Waals surface area contributed by atoms with Crippen LogP contribution in [0.5, 0.6) is 0 Å². The Bertz CT molecular complexity index is 539. The lowest BCUT2D eigenvalue weighted by Gasteiger charge is -2.75. The predicted molar refractivity (Wildman–Crippen MR) is 95.1 cm³/mol. The van der Waals surface area contributed by atoms with Crippen LogP contribution in [0.2, 0.25) is 0 Å². The second-order valence-electron chi connectivity index (χ2n) is 13.0. The van der Waals surface area contributed by atoms with Crippen LogP contribution < -0.4 is 0 Å². The maximum Gasteiger partial charge on any atom is -0.0228 e. The van der Waals surface area contributed by atoms with E-state index < -0.39 is 0 Å². The van der Waals surface area contributed by atoms with Crippen LogP contribution in [0, 0.1) is 44.8 Å². The molecule has 0 aliphatic heterocycles. The molecule has 8 saturated carbocycles. The molecule has 8 aliphatic carbocycles. The Morgan fingerprint density at radius 3 is 1.48 bits per heavy atom. The van der Waals surface area contributed by atoms with Gasteiger partial charge in [0.2, 0.25) is 0 Å². The van der Waals surface area contributed by atoms with Crippen molar-refractivity contribution in [3.63, 3.8) is 0 Å². The summed E-state index contributed by atoms with van der Waals surface area (Å²) in [5.74, 6) is 3.30. The van der Waals surface area contributed by atoms with Crippen molar-refractivity contribution in [2.75, 3.05) is 0 Å². The first-order valence-corrected chi connectivity index (χ1v) is 10.7. The first kappa shape index (κ1) is 14.2. The largest absolute Gasteiger partial charge is 0.0596 e. The van der Waals surface area contributed by atoms with Gasteiger partial charge in [0.05, 0.1) is 0 Å². The summed E-state index contributed by atoms with van der Waals surface area (Å²) in [6.07, 6.45) is 19.2. The molecule has 0 spiro atoms. The minimum absolute atomic E-state index is 0.707. The van der Waals surface area contributed by atoms with E-state index in [9.17, 15) is 0 Å². The van der Waals surface area contributed by atoms with E-state index in [4.69, 9.17) is 0 Å². The molecule has 0 aromatic rings. The molecule has 0 aromatic heterocycles. The van der Waals surface area contributed by atoms with Crippen molar-refractivity contribution in [3.8, 4) is 0 Å². The lowest BCUT2D eigenvalue weighted by molar-refractivity contribution is -0.250.